The van der Waals surface area contributed by atoms with E-state index in [1.54, 1.807) is 0 Å². The van der Waals surface area contributed by atoms with Crippen molar-refractivity contribution in [1.82, 2.24) is 0 Å². The molecule has 1 rings (SSSR count). The predicted octanol–water partition coefficient (Wildman–Crippen LogP) is 3.57. The van der Waals surface area contributed by atoms with Crippen LogP contribution in [0.5, 0.6) is 5.75 Å². The summed E-state index contributed by atoms with van der Waals surface area (Å²) in [5.74, 6) is -0.877. The van der Waals surface area contributed by atoms with Crippen molar-refractivity contribution in [2.75, 3.05) is 0 Å². The third-order valence-corrected chi connectivity index (χ3v) is 4.21. The Labute approximate surface area is 125 Å². The van der Waals surface area contributed by atoms with Crippen molar-refractivity contribution < 1.29 is 22.9 Å². The van der Waals surface area contributed by atoms with Gasteiger partial charge in [0, 0.05) is 6.42 Å². The van der Waals surface area contributed by atoms with Crippen LogP contribution in [-0.2, 0) is 10.1 Å². The summed E-state index contributed by atoms with van der Waals surface area (Å²) in [5, 5.41) is 9.70. The number of carbonyl (C=O) groups excluding carboxylic acids is 1. The third-order valence-electron chi connectivity index (χ3n) is 3.32. The summed E-state index contributed by atoms with van der Waals surface area (Å²) in [7, 11) is -4.52. The van der Waals surface area contributed by atoms with E-state index in [0.717, 1.165) is 31.7 Å². The molecule has 1 aromatic carbocycles. The maximum absolute atomic E-state index is 12.1. The molecule has 0 saturated heterocycles. The number of phenols is 1. The average Bonchev–Trinajstić information content (AvgIpc) is 2.41. The highest BCUT2D eigenvalue weighted by Crippen LogP contribution is 2.27. The van der Waals surface area contributed by atoms with E-state index in [4.69, 9.17) is 4.55 Å². The molecule has 0 unspecified atom stereocenters. The van der Waals surface area contributed by atoms with Crippen LogP contribution in [0.1, 0.15) is 62.2 Å². The van der Waals surface area contributed by atoms with Crippen LogP contribution in [0.25, 0.3) is 0 Å². The maximum Gasteiger partial charge on any atom is 0.295 e. The molecular formula is C15H22O5S. The Morgan fingerprint density at radius 2 is 1.71 bits per heavy atom. The van der Waals surface area contributed by atoms with E-state index in [2.05, 4.69) is 6.92 Å². The summed E-state index contributed by atoms with van der Waals surface area (Å²) >= 11 is 0. The minimum Gasteiger partial charge on any atom is -0.507 e. The number of phenolic OH excluding ortho intramolecular Hbond substituents is 1. The van der Waals surface area contributed by atoms with Crippen LogP contribution in [0.15, 0.2) is 23.1 Å². The summed E-state index contributed by atoms with van der Waals surface area (Å²) in [6.07, 6.45) is 6.16. The van der Waals surface area contributed by atoms with Gasteiger partial charge >= 0.3 is 0 Å². The summed E-state index contributed by atoms with van der Waals surface area (Å²) < 4.78 is 31.6. The number of benzene rings is 1. The number of carbonyl (C=O) groups is 1. The molecule has 0 atom stereocenters. The number of Topliss-reactive ketones (excluding diaryl/α,β-unsaturated/α-hetero) is 1. The Kier molecular flexibility index (Phi) is 6.84. The lowest BCUT2D eigenvalue weighted by Gasteiger charge is -2.08. The van der Waals surface area contributed by atoms with Crippen molar-refractivity contribution in [3.8, 4) is 5.75 Å². The lowest BCUT2D eigenvalue weighted by atomic mass is 10.0. The molecule has 6 heteroatoms. The summed E-state index contributed by atoms with van der Waals surface area (Å²) in [6.45, 7) is 2.12. The number of hydrogen-bond acceptors (Lipinski definition) is 4. The fourth-order valence-corrected chi connectivity index (χ4v) is 2.93. The Morgan fingerprint density at radius 1 is 1.10 bits per heavy atom. The fraction of sp³-hybridized carbons (Fsp3) is 0.533. The van der Waals surface area contributed by atoms with E-state index in [9.17, 15) is 18.3 Å². The molecule has 1 aromatic rings. The fourth-order valence-electron chi connectivity index (χ4n) is 2.21. The third kappa shape index (κ3) is 5.47. The summed E-state index contributed by atoms with van der Waals surface area (Å²) in [6, 6.07) is 3.63. The average molecular weight is 314 g/mol. The van der Waals surface area contributed by atoms with Crippen LogP contribution in [-0.4, -0.2) is 23.9 Å². The zero-order chi connectivity index (χ0) is 15.9. The molecule has 118 valence electrons. The van der Waals surface area contributed by atoms with Crippen LogP contribution < -0.4 is 0 Å². The van der Waals surface area contributed by atoms with Gasteiger partial charge in [0.05, 0.1) is 5.56 Å². The first-order valence-corrected chi connectivity index (χ1v) is 8.64. The van der Waals surface area contributed by atoms with Crippen molar-refractivity contribution >= 4 is 15.9 Å². The molecule has 0 fully saturated rings. The number of unbranched alkanes of at least 4 members (excludes halogenated alkanes) is 5. The zero-order valence-electron chi connectivity index (χ0n) is 12.2. The van der Waals surface area contributed by atoms with Crippen molar-refractivity contribution in [1.29, 1.82) is 0 Å². The molecule has 0 saturated carbocycles. The van der Waals surface area contributed by atoms with Gasteiger partial charge in [-0.15, -0.1) is 0 Å². The van der Waals surface area contributed by atoms with Crippen molar-refractivity contribution in [3.05, 3.63) is 23.8 Å². The first-order valence-electron chi connectivity index (χ1n) is 7.20. The van der Waals surface area contributed by atoms with Crippen LogP contribution in [0.2, 0.25) is 0 Å². The van der Waals surface area contributed by atoms with E-state index < -0.39 is 26.5 Å². The quantitative estimate of drug-likeness (QED) is 0.413. The van der Waals surface area contributed by atoms with Gasteiger partial charge in [0.15, 0.2) is 5.78 Å². The van der Waals surface area contributed by atoms with Gasteiger partial charge in [0.25, 0.3) is 10.1 Å². The highest BCUT2D eigenvalue weighted by Gasteiger charge is 2.23. The lowest BCUT2D eigenvalue weighted by Crippen LogP contribution is -2.09. The minimum absolute atomic E-state index is 0.159. The van der Waals surface area contributed by atoms with Gasteiger partial charge < -0.3 is 5.11 Å². The molecule has 0 aromatic heterocycles. The van der Waals surface area contributed by atoms with E-state index in [1.165, 1.54) is 18.6 Å². The second kappa shape index (κ2) is 8.14. The van der Waals surface area contributed by atoms with Gasteiger partial charge in [0.1, 0.15) is 10.6 Å². The number of aromatic hydroxyl groups is 1. The second-order valence-electron chi connectivity index (χ2n) is 5.07. The first-order chi connectivity index (χ1) is 9.88. The molecule has 0 heterocycles. The van der Waals surface area contributed by atoms with Gasteiger partial charge in [-0.3, -0.25) is 9.35 Å². The SMILES string of the molecule is CCCCCCCCC(=O)c1c(O)cccc1S(=O)(=O)O. The number of rotatable bonds is 9. The molecule has 0 radical (unpaired) electrons. The molecule has 21 heavy (non-hydrogen) atoms. The molecule has 2 N–H and O–H groups in total. The topological polar surface area (TPSA) is 91.7 Å². The van der Waals surface area contributed by atoms with Gasteiger partial charge in [-0.2, -0.15) is 8.42 Å². The lowest BCUT2D eigenvalue weighted by molar-refractivity contribution is 0.0972. The zero-order valence-corrected chi connectivity index (χ0v) is 13.0. The standard InChI is InChI=1S/C15H22O5S/c1-2-3-4-5-6-7-9-12(16)15-13(17)10-8-11-14(15)21(18,19)20/h8,10-11,17H,2-7,9H2,1H3,(H,18,19,20). The maximum atomic E-state index is 12.1. The van der Waals surface area contributed by atoms with Crippen LogP contribution in [0.4, 0.5) is 0 Å². The second-order valence-corrected chi connectivity index (χ2v) is 6.46. The van der Waals surface area contributed by atoms with E-state index >= 15 is 0 Å². The van der Waals surface area contributed by atoms with E-state index in [0.29, 0.717) is 6.42 Å². The van der Waals surface area contributed by atoms with E-state index in [-0.39, 0.29) is 12.0 Å². The smallest absolute Gasteiger partial charge is 0.295 e. The Hall–Kier alpha value is -1.40. The number of ketones is 1. The Morgan fingerprint density at radius 3 is 2.33 bits per heavy atom. The van der Waals surface area contributed by atoms with Gasteiger partial charge in [-0.1, -0.05) is 45.1 Å². The molecule has 0 amide bonds. The molecule has 0 aliphatic heterocycles. The highest BCUT2D eigenvalue weighted by atomic mass is 32.2. The summed E-state index contributed by atoms with van der Waals surface area (Å²) in [4.78, 5) is 11.6. The predicted molar refractivity (Wildman–Crippen MR) is 80.2 cm³/mol. The number of hydrogen-bond donors (Lipinski definition) is 2. The van der Waals surface area contributed by atoms with Gasteiger partial charge in [0.2, 0.25) is 0 Å². The van der Waals surface area contributed by atoms with Crippen LogP contribution in [0, 0.1) is 0 Å². The largest absolute Gasteiger partial charge is 0.507 e. The minimum atomic E-state index is -4.52. The van der Waals surface area contributed by atoms with Gasteiger partial charge in [-0.05, 0) is 18.6 Å². The Bertz CT molecular complexity index is 578. The monoisotopic (exact) mass is 314 g/mol. The molecular weight excluding hydrogens is 292 g/mol. The molecule has 0 aliphatic rings. The van der Waals surface area contributed by atoms with Crippen LogP contribution >= 0.6 is 0 Å². The molecule has 0 aliphatic carbocycles. The molecule has 5 nitrogen and oxygen atoms in total. The van der Waals surface area contributed by atoms with Crippen LogP contribution in [0.3, 0.4) is 0 Å². The highest BCUT2D eigenvalue weighted by molar-refractivity contribution is 7.86. The van der Waals surface area contributed by atoms with Crippen molar-refractivity contribution in [2.24, 2.45) is 0 Å². The normalized spacial score (nSPS) is 11.5. The van der Waals surface area contributed by atoms with E-state index in [1.807, 2.05) is 0 Å². The summed E-state index contributed by atoms with van der Waals surface area (Å²) in [5.41, 5.74) is -0.312. The Balaban J connectivity index is 2.70. The first kappa shape index (κ1) is 17.7. The molecule has 0 bridgehead atoms. The van der Waals surface area contributed by atoms with Crippen molar-refractivity contribution in [3.63, 3.8) is 0 Å². The van der Waals surface area contributed by atoms with Gasteiger partial charge in [-0.25, -0.2) is 0 Å². The molecule has 0 spiro atoms. The van der Waals surface area contributed by atoms with Crippen molar-refractivity contribution in [2.45, 2.75) is 56.8 Å².